The minimum atomic E-state index is -2.81. The van der Waals surface area contributed by atoms with E-state index in [1.807, 2.05) is 31.2 Å². The van der Waals surface area contributed by atoms with Crippen molar-refractivity contribution in [3.63, 3.8) is 0 Å². The summed E-state index contributed by atoms with van der Waals surface area (Å²) in [4.78, 5) is 0. The summed E-state index contributed by atoms with van der Waals surface area (Å²) in [5.74, 6) is 0.142. The molecular formula is C16H15ClF2O. The molecule has 1 atom stereocenters. The number of hydrogen-bond acceptors (Lipinski definition) is 1. The molecule has 0 aromatic heterocycles. The first-order valence-corrected chi connectivity index (χ1v) is 6.73. The van der Waals surface area contributed by atoms with Gasteiger partial charge in [-0.3, -0.25) is 0 Å². The van der Waals surface area contributed by atoms with E-state index in [2.05, 4.69) is 4.74 Å². The number of alkyl halides is 3. The van der Waals surface area contributed by atoms with E-state index in [0.717, 1.165) is 5.56 Å². The Hall–Kier alpha value is -1.61. The van der Waals surface area contributed by atoms with E-state index in [9.17, 15) is 8.78 Å². The highest BCUT2D eigenvalue weighted by atomic mass is 35.5. The van der Waals surface area contributed by atoms with Gasteiger partial charge < -0.3 is 4.74 Å². The molecule has 2 aromatic carbocycles. The fraction of sp³-hybridized carbons (Fsp3) is 0.250. The molecule has 2 aromatic rings. The second-order valence-electron chi connectivity index (χ2n) is 4.55. The van der Waals surface area contributed by atoms with Crippen LogP contribution in [0.25, 0.3) is 0 Å². The zero-order valence-electron chi connectivity index (χ0n) is 11.0. The van der Waals surface area contributed by atoms with Crippen LogP contribution in [0, 0.1) is 6.92 Å². The van der Waals surface area contributed by atoms with Gasteiger partial charge in [0.2, 0.25) is 0 Å². The highest BCUT2D eigenvalue weighted by molar-refractivity contribution is 6.20. The third-order valence-electron chi connectivity index (χ3n) is 3.13. The summed E-state index contributed by atoms with van der Waals surface area (Å²) in [6, 6.07) is 14.5. The molecule has 1 unspecified atom stereocenters. The Labute approximate surface area is 122 Å². The number of ether oxygens (including phenoxy) is 1. The number of rotatable bonds is 5. The van der Waals surface area contributed by atoms with E-state index >= 15 is 0 Å². The molecule has 20 heavy (non-hydrogen) atoms. The average Bonchev–Trinajstić information content (AvgIpc) is 2.41. The van der Waals surface area contributed by atoms with Crippen molar-refractivity contribution in [1.82, 2.24) is 0 Å². The van der Waals surface area contributed by atoms with Crippen molar-refractivity contribution in [2.45, 2.75) is 25.3 Å². The largest absolute Gasteiger partial charge is 0.435 e. The Morgan fingerprint density at radius 2 is 1.70 bits per heavy atom. The molecule has 0 radical (unpaired) electrons. The van der Waals surface area contributed by atoms with Gasteiger partial charge in [-0.05, 0) is 42.2 Å². The first-order chi connectivity index (χ1) is 9.56. The summed E-state index contributed by atoms with van der Waals surface area (Å²) in [5, 5.41) is -0.198. The van der Waals surface area contributed by atoms with E-state index in [1.165, 1.54) is 23.3 Å². The summed E-state index contributed by atoms with van der Waals surface area (Å²) in [5.41, 5.74) is 3.26. The van der Waals surface area contributed by atoms with E-state index in [1.54, 1.807) is 12.1 Å². The summed E-state index contributed by atoms with van der Waals surface area (Å²) in [6.45, 7) is -0.766. The molecule has 0 N–H and O–H groups in total. The van der Waals surface area contributed by atoms with Gasteiger partial charge in [0.1, 0.15) is 5.75 Å². The van der Waals surface area contributed by atoms with Gasteiger partial charge in [0, 0.05) is 0 Å². The normalized spacial score (nSPS) is 12.4. The van der Waals surface area contributed by atoms with Crippen LogP contribution in [0.5, 0.6) is 5.75 Å². The minimum Gasteiger partial charge on any atom is -0.435 e. The van der Waals surface area contributed by atoms with Crippen LogP contribution in [-0.4, -0.2) is 6.61 Å². The molecule has 0 spiro atoms. The molecule has 0 bridgehead atoms. The van der Waals surface area contributed by atoms with Gasteiger partial charge in [-0.25, -0.2) is 0 Å². The van der Waals surface area contributed by atoms with Gasteiger partial charge >= 0.3 is 6.61 Å². The van der Waals surface area contributed by atoms with Crippen LogP contribution >= 0.6 is 11.6 Å². The molecule has 0 aliphatic heterocycles. The van der Waals surface area contributed by atoms with E-state index in [-0.39, 0.29) is 11.1 Å². The van der Waals surface area contributed by atoms with Crippen LogP contribution in [-0.2, 0) is 6.42 Å². The van der Waals surface area contributed by atoms with Crippen molar-refractivity contribution >= 4 is 11.6 Å². The van der Waals surface area contributed by atoms with Gasteiger partial charge in [0.15, 0.2) is 0 Å². The molecule has 2 rings (SSSR count). The third-order valence-corrected chi connectivity index (χ3v) is 3.53. The molecule has 0 fully saturated rings. The van der Waals surface area contributed by atoms with Crippen LogP contribution in [0.2, 0.25) is 0 Å². The minimum absolute atomic E-state index is 0.142. The molecule has 0 aliphatic carbocycles. The van der Waals surface area contributed by atoms with Crippen molar-refractivity contribution < 1.29 is 13.5 Å². The molecule has 1 nitrogen and oxygen atoms in total. The number of benzene rings is 2. The van der Waals surface area contributed by atoms with Gasteiger partial charge in [-0.1, -0.05) is 36.4 Å². The first-order valence-electron chi connectivity index (χ1n) is 6.29. The Bertz CT molecular complexity index is 555. The number of hydrogen-bond donors (Lipinski definition) is 0. The van der Waals surface area contributed by atoms with Crippen molar-refractivity contribution in [3.05, 3.63) is 65.2 Å². The molecule has 0 heterocycles. The summed E-state index contributed by atoms with van der Waals surface area (Å²) >= 11 is 6.38. The quantitative estimate of drug-likeness (QED) is 0.696. The molecule has 4 heteroatoms. The topological polar surface area (TPSA) is 9.23 Å². The lowest BCUT2D eigenvalue weighted by molar-refractivity contribution is -0.0498. The first kappa shape index (κ1) is 14.8. The molecule has 0 amide bonds. The lowest BCUT2D eigenvalue weighted by atomic mass is 10.0. The Morgan fingerprint density at radius 1 is 1.05 bits per heavy atom. The smallest absolute Gasteiger partial charge is 0.387 e. The molecule has 0 saturated heterocycles. The maximum Gasteiger partial charge on any atom is 0.387 e. The van der Waals surface area contributed by atoms with E-state index in [0.29, 0.717) is 6.42 Å². The van der Waals surface area contributed by atoms with Crippen molar-refractivity contribution in [1.29, 1.82) is 0 Å². The lowest BCUT2D eigenvalue weighted by Gasteiger charge is -2.12. The zero-order chi connectivity index (χ0) is 14.5. The second kappa shape index (κ2) is 6.71. The van der Waals surface area contributed by atoms with Crippen molar-refractivity contribution in [2.75, 3.05) is 0 Å². The van der Waals surface area contributed by atoms with E-state index in [4.69, 9.17) is 11.6 Å². The second-order valence-corrected chi connectivity index (χ2v) is 5.07. The van der Waals surface area contributed by atoms with Crippen LogP contribution in [0.15, 0.2) is 48.5 Å². The molecular weight excluding hydrogens is 282 g/mol. The monoisotopic (exact) mass is 296 g/mol. The predicted octanol–water partition coefficient (Wildman–Crippen LogP) is 5.12. The summed E-state index contributed by atoms with van der Waals surface area (Å²) in [6.07, 6.45) is 0.698. The van der Waals surface area contributed by atoms with Crippen LogP contribution in [0.4, 0.5) is 8.78 Å². The maximum absolute atomic E-state index is 12.1. The third kappa shape index (κ3) is 3.94. The predicted molar refractivity (Wildman–Crippen MR) is 76.6 cm³/mol. The van der Waals surface area contributed by atoms with Gasteiger partial charge in [-0.15, -0.1) is 11.6 Å². The van der Waals surface area contributed by atoms with E-state index < -0.39 is 6.61 Å². The number of aryl methyl sites for hydroxylation is 1. The molecule has 0 saturated carbocycles. The number of halogens is 3. The van der Waals surface area contributed by atoms with Crippen LogP contribution in [0.1, 0.15) is 22.1 Å². The van der Waals surface area contributed by atoms with Crippen molar-refractivity contribution in [3.8, 4) is 5.75 Å². The zero-order valence-corrected chi connectivity index (χ0v) is 11.8. The van der Waals surface area contributed by atoms with Gasteiger partial charge in [-0.2, -0.15) is 8.78 Å². The summed E-state index contributed by atoms with van der Waals surface area (Å²) in [7, 11) is 0. The summed E-state index contributed by atoms with van der Waals surface area (Å²) < 4.78 is 28.4. The van der Waals surface area contributed by atoms with Crippen LogP contribution < -0.4 is 4.74 Å². The van der Waals surface area contributed by atoms with Gasteiger partial charge in [0.05, 0.1) is 5.38 Å². The standard InChI is InChI=1S/C16H15ClF2O/c1-11-4-2-3-5-13(11)10-15(17)12-6-8-14(9-7-12)20-16(18)19/h2-9,15-16H,10H2,1H3. The average molecular weight is 297 g/mol. The van der Waals surface area contributed by atoms with Crippen LogP contribution in [0.3, 0.4) is 0 Å². The fourth-order valence-electron chi connectivity index (χ4n) is 2.01. The highest BCUT2D eigenvalue weighted by Gasteiger charge is 2.11. The van der Waals surface area contributed by atoms with Crippen molar-refractivity contribution in [2.24, 2.45) is 0 Å². The molecule has 106 valence electrons. The SMILES string of the molecule is Cc1ccccc1CC(Cl)c1ccc(OC(F)F)cc1. The Kier molecular flexibility index (Phi) is 4.96. The highest BCUT2D eigenvalue weighted by Crippen LogP contribution is 2.28. The Morgan fingerprint density at radius 3 is 2.30 bits per heavy atom. The van der Waals surface area contributed by atoms with Gasteiger partial charge in [0.25, 0.3) is 0 Å². The maximum atomic E-state index is 12.1. The molecule has 0 aliphatic rings. The lowest BCUT2D eigenvalue weighted by Crippen LogP contribution is -2.02. The Balaban J connectivity index is 2.06. The fourth-order valence-corrected chi connectivity index (χ4v) is 2.32.